The van der Waals surface area contributed by atoms with Crippen molar-refractivity contribution in [3.8, 4) is 5.75 Å². The normalized spacial score (nSPS) is 11.5. The van der Waals surface area contributed by atoms with Crippen LogP contribution >= 0.6 is 0 Å². The summed E-state index contributed by atoms with van der Waals surface area (Å²) in [6.45, 7) is 0. The highest BCUT2D eigenvalue weighted by Gasteiger charge is 2.13. The van der Waals surface area contributed by atoms with Crippen LogP contribution in [0.4, 0.5) is 10.1 Å². The van der Waals surface area contributed by atoms with Gasteiger partial charge >= 0.3 is 0 Å². The fraction of sp³-hybridized carbons (Fsp3) is 0.0625. The average Bonchev–Trinajstić information content (AvgIpc) is 2.52. The number of nitrogens with two attached hydrogens (primary N) is 1. The van der Waals surface area contributed by atoms with E-state index in [1.165, 1.54) is 55.7 Å². The molecule has 0 saturated heterocycles. The lowest BCUT2D eigenvalue weighted by Crippen LogP contribution is -2.14. The van der Waals surface area contributed by atoms with E-state index in [2.05, 4.69) is 5.32 Å². The number of hydrogen-bond donors (Lipinski definition) is 2. The number of nitrogens with one attached hydrogen (secondary N) is 1. The van der Waals surface area contributed by atoms with E-state index in [4.69, 9.17) is 9.88 Å². The third kappa shape index (κ3) is 4.64. The van der Waals surface area contributed by atoms with Gasteiger partial charge in [0.25, 0.3) is 0 Å². The van der Waals surface area contributed by atoms with Crippen LogP contribution in [0.5, 0.6) is 5.75 Å². The molecule has 2 aromatic rings. The minimum absolute atomic E-state index is 0.151. The second-order valence-electron chi connectivity index (χ2n) is 4.78. The molecule has 0 saturated carbocycles. The van der Waals surface area contributed by atoms with Gasteiger partial charge in [0, 0.05) is 6.08 Å². The summed E-state index contributed by atoms with van der Waals surface area (Å²) in [6.07, 6.45) is 2.62. The second-order valence-corrected chi connectivity index (χ2v) is 6.35. The zero-order valence-electron chi connectivity index (χ0n) is 12.7. The van der Waals surface area contributed by atoms with Crippen LogP contribution in [0.1, 0.15) is 5.56 Å². The Balaban J connectivity index is 2.21. The van der Waals surface area contributed by atoms with E-state index < -0.39 is 21.7 Å². The van der Waals surface area contributed by atoms with Gasteiger partial charge in [0.05, 0.1) is 17.7 Å². The third-order valence-corrected chi connectivity index (χ3v) is 3.94. The summed E-state index contributed by atoms with van der Waals surface area (Å²) < 4.78 is 40.9. The highest BCUT2D eigenvalue weighted by Crippen LogP contribution is 2.27. The number of carbonyl (C=O) groups is 1. The molecule has 24 heavy (non-hydrogen) atoms. The van der Waals surface area contributed by atoms with Crippen LogP contribution in [0.25, 0.3) is 6.08 Å². The van der Waals surface area contributed by atoms with Crippen molar-refractivity contribution in [2.45, 2.75) is 4.90 Å². The number of anilines is 1. The van der Waals surface area contributed by atoms with Crippen molar-refractivity contribution < 1.29 is 22.3 Å². The van der Waals surface area contributed by atoms with Gasteiger partial charge in [0.15, 0.2) is 0 Å². The van der Waals surface area contributed by atoms with E-state index in [9.17, 15) is 17.6 Å². The van der Waals surface area contributed by atoms with E-state index in [0.717, 1.165) is 0 Å². The van der Waals surface area contributed by atoms with Crippen molar-refractivity contribution in [1.29, 1.82) is 0 Å². The monoisotopic (exact) mass is 350 g/mol. The van der Waals surface area contributed by atoms with Gasteiger partial charge in [0.1, 0.15) is 11.6 Å². The van der Waals surface area contributed by atoms with Crippen molar-refractivity contribution in [2.24, 2.45) is 5.14 Å². The first-order valence-corrected chi connectivity index (χ1v) is 8.30. The van der Waals surface area contributed by atoms with Crippen molar-refractivity contribution in [3.63, 3.8) is 0 Å². The van der Waals surface area contributed by atoms with Crippen LogP contribution in [0, 0.1) is 5.82 Å². The summed E-state index contributed by atoms with van der Waals surface area (Å²) in [5, 5.41) is 7.56. The van der Waals surface area contributed by atoms with E-state index >= 15 is 0 Å². The number of hydrogen-bond acceptors (Lipinski definition) is 4. The summed E-state index contributed by atoms with van der Waals surface area (Å²) in [6, 6.07) is 9.56. The van der Waals surface area contributed by atoms with Crippen LogP contribution in [0.3, 0.4) is 0 Å². The number of carbonyl (C=O) groups excluding carboxylic acids is 1. The smallest absolute Gasteiger partial charge is 0.248 e. The molecule has 2 rings (SSSR count). The maximum atomic E-state index is 13.1. The summed E-state index contributed by atoms with van der Waals surface area (Å²) in [7, 11) is -2.53. The third-order valence-electron chi connectivity index (χ3n) is 3.03. The summed E-state index contributed by atoms with van der Waals surface area (Å²) in [4.78, 5) is 11.8. The summed E-state index contributed by atoms with van der Waals surface area (Å²) in [5.74, 6) is -0.681. The number of halogens is 1. The lowest BCUT2D eigenvalue weighted by atomic mass is 10.2. The molecule has 2 aromatic carbocycles. The van der Waals surface area contributed by atoms with E-state index in [1.54, 1.807) is 6.07 Å². The minimum atomic E-state index is -3.91. The minimum Gasteiger partial charge on any atom is -0.495 e. The predicted molar refractivity (Wildman–Crippen MR) is 88.4 cm³/mol. The molecule has 0 spiro atoms. The molecule has 6 nitrogen and oxygen atoms in total. The van der Waals surface area contributed by atoms with Gasteiger partial charge in [-0.2, -0.15) is 0 Å². The molecule has 126 valence electrons. The first kappa shape index (κ1) is 17.6. The molecule has 0 bridgehead atoms. The van der Waals surface area contributed by atoms with Crippen molar-refractivity contribution in [2.75, 3.05) is 12.4 Å². The average molecular weight is 350 g/mol. The lowest BCUT2D eigenvalue weighted by Gasteiger charge is -2.10. The highest BCUT2D eigenvalue weighted by molar-refractivity contribution is 7.89. The molecule has 0 fully saturated rings. The number of primary sulfonamides is 1. The lowest BCUT2D eigenvalue weighted by molar-refractivity contribution is -0.111. The van der Waals surface area contributed by atoms with Gasteiger partial charge in [-0.15, -0.1) is 0 Å². The van der Waals surface area contributed by atoms with Gasteiger partial charge in [-0.25, -0.2) is 17.9 Å². The number of benzene rings is 2. The Morgan fingerprint density at radius 2 is 2.00 bits per heavy atom. The van der Waals surface area contributed by atoms with Gasteiger partial charge in [-0.1, -0.05) is 12.1 Å². The van der Waals surface area contributed by atoms with Crippen LogP contribution < -0.4 is 15.2 Å². The number of amides is 1. The van der Waals surface area contributed by atoms with Crippen molar-refractivity contribution in [1.82, 2.24) is 0 Å². The maximum Gasteiger partial charge on any atom is 0.248 e. The molecule has 0 unspecified atom stereocenters. The largest absolute Gasteiger partial charge is 0.495 e. The van der Waals surface area contributed by atoms with Crippen LogP contribution in [0.15, 0.2) is 53.4 Å². The van der Waals surface area contributed by atoms with Gasteiger partial charge in [0.2, 0.25) is 15.9 Å². The second kappa shape index (κ2) is 7.24. The molecule has 0 heterocycles. The van der Waals surface area contributed by atoms with Crippen LogP contribution in [-0.4, -0.2) is 21.4 Å². The Kier molecular flexibility index (Phi) is 5.32. The fourth-order valence-electron chi connectivity index (χ4n) is 1.92. The standard InChI is InChI=1S/C16H15FN2O4S/c1-23-15-7-6-13(24(18,21)22)10-14(15)19-16(20)8-5-11-3-2-4-12(17)9-11/h2-10H,1H3,(H,19,20)(H2,18,21,22). The van der Waals surface area contributed by atoms with E-state index in [1.807, 2.05) is 0 Å². The molecule has 8 heteroatoms. The van der Waals surface area contributed by atoms with Crippen LogP contribution in [0.2, 0.25) is 0 Å². The Bertz CT molecular complexity index is 895. The van der Waals surface area contributed by atoms with Gasteiger partial charge < -0.3 is 10.1 Å². The Morgan fingerprint density at radius 3 is 2.62 bits per heavy atom. The number of sulfonamides is 1. The van der Waals surface area contributed by atoms with Gasteiger partial charge in [-0.3, -0.25) is 4.79 Å². The molecule has 0 aliphatic rings. The van der Waals surface area contributed by atoms with E-state index in [-0.39, 0.29) is 16.3 Å². The molecule has 0 aliphatic heterocycles. The van der Waals surface area contributed by atoms with Crippen molar-refractivity contribution >= 4 is 27.7 Å². The zero-order valence-corrected chi connectivity index (χ0v) is 13.5. The molecule has 0 radical (unpaired) electrons. The van der Waals surface area contributed by atoms with Crippen LogP contribution in [-0.2, 0) is 14.8 Å². The molecule has 0 atom stereocenters. The molecular weight excluding hydrogens is 335 g/mol. The summed E-state index contributed by atoms with van der Waals surface area (Å²) >= 11 is 0. The topological polar surface area (TPSA) is 98.5 Å². The molecule has 1 amide bonds. The molecular formula is C16H15FN2O4S. The SMILES string of the molecule is COc1ccc(S(N)(=O)=O)cc1NC(=O)C=Cc1cccc(F)c1. The Morgan fingerprint density at radius 1 is 1.25 bits per heavy atom. The number of ether oxygens (including phenoxy) is 1. The highest BCUT2D eigenvalue weighted by atomic mass is 32.2. The zero-order chi connectivity index (χ0) is 17.7. The maximum absolute atomic E-state index is 13.1. The quantitative estimate of drug-likeness (QED) is 0.807. The number of rotatable bonds is 5. The Hall–Kier alpha value is -2.71. The van der Waals surface area contributed by atoms with E-state index in [0.29, 0.717) is 5.56 Å². The fourth-order valence-corrected chi connectivity index (χ4v) is 2.46. The Labute approximate surface area is 138 Å². The first-order valence-electron chi connectivity index (χ1n) is 6.75. The molecule has 3 N–H and O–H groups in total. The molecule has 0 aliphatic carbocycles. The van der Waals surface area contributed by atoms with Crippen molar-refractivity contribution in [3.05, 3.63) is 59.9 Å². The molecule has 0 aromatic heterocycles. The predicted octanol–water partition coefficient (Wildman–Crippen LogP) is 2.13. The summed E-state index contributed by atoms with van der Waals surface area (Å²) in [5.41, 5.74) is 0.660. The first-order chi connectivity index (χ1) is 11.3. The van der Waals surface area contributed by atoms with Gasteiger partial charge in [-0.05, 0) is 42.0 Å². The number of methoxy groups -OCH3 is 1.